The van der Waals surface area contributed by atoms with Gasteiger partial charge in [0.1, 0.15) is 5.82 Å². The number of aliphatic hydroxyl groups excluding tert-OH is 1. The summed E-state index contributed by atoms with van der Waals surface area (Å²) >= 11 is 0. The molecule has 5 nitrogen and oxygen atoms in total. The van der Waals surface area contributed by atoms with Crippen molar-refractivity contribution in [2.24, 2.45) is 12.8 Å². The maximum atomic E-state index is 9.33. The third kappa shape index (κ3) is 2.30. The first-order valence-electron chi connectivity index (χ1n) is 4.89. The Hall–Kier alpha value is -0.940. The summed E-state index contributed by atoms with van der Waals surface area (Å²) in [5.41, 5.74) is 5.77. The van der Waals surface area contributed by atoms with Gasteiger partial charge in [0.25, 0.3) is 0 Å². The van der Waals surface area contributed by atoms with E-state index < -0.39 is 12.1 Å². The minimum Gasteiger partial charge on any atom is -0.391 e. The molecular formula is C9H18N4O. The fraction of sp³-hybridized carbons (Fsp3) is 0.778. The van der Waals surface area contributed by atoms with Gasteiger partial charge >= 0.3 is 0 Å². The standard InChI is InChI=1S/C9H18N4O/c1-4-5-7-11-9(13(3)12-7)8(10)6(2)14/h6,8,14H,4-5,10H2,1-3H3. The number of aliphatic hydroxyl groups is 1. The van der Waals surface area contributed by atoms with Crippen LogP contribution in [0.2, 0.25) is 0 Å². The van der Waals surface area contributed by atoms with Crippen LogP contribution in [0.15, 0.2) is 0 Å². The van der Waals surface area contributed by atoms with Crippen LogP contribution in [0.3, 0.4) is 0 Å². The Kier molecular flexibility index (Phi) is 3.60. The molecule has 1 rings (SSSR count). The van der Waals surface area contributed by atoms with Crippen molar-refractivity contribution in [2.75, 3.05) is 0 Å². The molecule has 0 fully saturated rings. The van der Waals surface area contributed by atoms with Gasteiger partial charge in [0.05, 0.1) is 12.1 Å². The molecule has 0 saturated heterocycles. The zero-order chi connectivity index (χ0) is 10.7. The van der Waals surface area contributed by atoms with Crippen molar-refractivity contribution in [2.45, 2.75) is 38.8 Å². The van der Waals surface area contributed by atoms with Crippen molar-refractivity contribution in [3.63, 3.8) is 0 Å². The molecule has 1 aromatic heterocycles. The second kappa shape index (κ2) is 4.52. The van der Waals surface area contributed by atoms with Gasteiger partial charge in [0.15, 0.2) is 5.82 Å². The quantitative estimate of drug-likeness (QED) is 0.722. The van der Waals surface area contributed by atoms with Gasteiger partial charge < -0.3 is 10.8 Å². The van der Waals surface area contributed by atoms with E-state index in [0.717, 1.165) is 18.7 Å². The van der Waals surface area contributed by atoms with E-state index in [4.69, 9.17) is 5.73 Å². The van der Waals surface area contributed by atoms with Crippen molar-refractivity contribution < 1.29 is 5.11 Å². The molecule has 80 valence electrons. The zero-order valence-corrected chi connectivity index (χ0v) is 8.94. The summed E-state index contributed by atoms with van der Waals surface area (Å²) in [6, 6.07) is -0.460. The second-order valence-electron chi connectivity index (χ2n) is 3.53. The van der Waals surface area contributed by atoms with Crippen molar-refractivity contribution in [1.29, 1.82) is 0 Å². The van der Waals surface area contributed by atoms with Gasteiger partial charge in [-0.05, 0) is 13.3 Å². The van der Waals surface area contributed by atoms with Crippen LogP contribution >= 0.6 is 0 Å². The minimum absolute atomic E-state index is 0.460. The number of aromatic nitrogens is 3. The maximum Gasteiger partial charge on any atom is 0.151 e. The van der Waals surface area contributed by atoms with E-state index in [2.05, 4.69) is 17.0 Å². The zero-order valence-electron chi connectivity index (χ0n) is 8.94. The minimum atomic E-state index is -0.604. The predicted molar refractivity (Wildman–Crippen MR) is 53.6 cm³/mol. The molecule has 0 saturated carbocycles. The predicted octanol–water partition coefficient (Wildman–Crippen LogP) is 0.148. The fourth-order valence-corrected chi connectivity index (χ4v) is 1.29. The Labute approximate surface area is 83.9 Å². The highest BCUT2D eigenvalue weighted by molar-refractivity contribution is 4.99. The number of aryl methyl sites for hydroxylation is 2. The molecule has 3 N–H and O–H groups in total. The highest BCUT2D eigenvalue weighted by atomic mass is 16.3. The van der Waals surface area contributed by atoms with Crippen LogP contribution in [0.5, 0.6) is 0 Å². The normalized spacial score (nSPS) is 15.5. The van der Waals surface area contributed by atoms with Crippen LogP contribution in [-0.2, 0) is 13.5 Å². The molecule has 1 aromatic rings. The Morgan fingerprint density at radius 1 is 1.57 bits per heavy atom. The van der Waals surface area contributed by atoms with Gasteiger partial charge in [0, 0.05) is 13.5 Å². The van der Waals surface area contributed by atoms with Crippen LogP contribution in [0.4, 0.5) is 0 Å². The summed E-state index contributed by atoms with van der Waals surface area (Å²) in [4.78, 5) is 4.29. The van der Waals surface area contributed by atoms with Crippen LogP contribution in [0, 0.1) is 0 Å². The summed E-state index contributed by atoms with van der Waals surface area (Å²) in [6.45, 7) is 3.73. The Balaban J connectivity index is 2.86. The van der Waals surface area contributed by atoms with Crippen molar-refractivity contribution in [3.8, 4) is 0 Å². The second-order valence-corrected chi connectivity index (χ2v) is 3.53. The highest BCUT2D eigenvalue weighted by Gasteiger charge is 2.18. The lowest BCUT2D eigenvalue weighted by Crippen LogP contribution is -2.26. The molecular weight excluding hydrogens is 180 g/mol. The highest BCUT2D eigenvalue weighted by Crippen LogP contribution is 2.11. The largest absolute Gasteiger partial charge is 0.391 e. The molecule has 0 aliphatic rings. The third-order valence-electron chi connectivity index (χ3n) is 2.13. The van der Waals surface area contributed by atoms with Gasteiger partial charge in [-0.25, -0.2) is 4.98 Å². The molecule has 0 aliphatic carbocycles. The summed E-state index contributed by atoms with van der Waals surface area (Å²) in [5, 5.41) is 13.6. The van der Waals surface area contributed by atoms with Crippen LogP contribution in [0.1, 0.15) is 38.0 Å². The number of nitrogens with two attached hydrogens (primary N) is 1. The number of hydrogen-bond donors (Lipinski definition) is 2. The van der Waals surface area contributed by atoms with E-state index in [-0.39, 0.29) is 0 Å². The first-order valence-corrected chi connectivity index (χ1v) is 4.89. The monoisotopic (exact) mass is 198 g/mol. The number of rotatable bonds is 4. The number of hydrogen-bond acceptors (Lipinski definition) is 4. The van der Waals surface area contributed by atoms with E-state index >= 15 is 0 Å². The molecule has 14 heavy (non-hydrogen) atoms. The molecule has 0 aromatic carbocycles. The molecule has 1 heterocycles. The lowest BCUT2D eigenvalue weighted by Gasteiger charge is -2.12. The lowest BCUT2D eigenvalue weighted by atomic mass is 10.2. The maximum absolute atomic E-state index is 9.33. The van der Waals surface area contributed by atoms with E-state index in [9.17, 15) is 5.11 Å². The molecule has 0 aliphatic heterocycles. The third-order valence-corrected chi connectivity index (χ3v) is 2.13. The topological polar surface area (TPSA) is 77.0 Å². The summed E-state index contributed by atoms with van der Waals surface area (Å²) < 4.78 is 1.64. The number of nitrogens with zero attached hydrogens (tertiary/aromatic N) is 3. The summed E-state index contributed by atoms with van der Waals surface area (Å²) in [7, 11) is 1.80. The Morgan fingerprint density at radius 3 is 2.71 bits per heavy atom. The van der Waals surface area contributed by atoms with E-state index in [1.807, 2.05) is 0 Å². The van der Waals surface area contributed by atoms with E-state index in [0.29, 0.717) is 5.82 Å². The molecule has 2 atom stereocenters. The molecule has 0 amide bonds. The van der Waals surface area contributed by atoms with Gasteiger partial charge in [-0.2, -0.15) is 5.10 Å². The van der Waals surface area contributed by atoms with E-state index in [1.54, 1.807) is 18.7 Å². The summed E-state index contributed by atoms with van der Waals surface area (Å²) in [5.74, 6) is 1.43. The fourth-order valence-electron chi connectivity index (χ4n) is 1.29. The van der Waals surface area contributed by atoms with Gasteiger partial charge in [-0.1, -0.05) is 6.92 Å². The first kappa shape index (κ1) is 11.1. The molecule has 2 unspecified atom stereocenters. The van der Waals surface area contributed by atoms with Gasteiger partial charge in [0.2, 0.25) is 0 Å². The Bertz CT molecular complexity index is 295. The molecule has 0 radical (unpaired) electrons. The summed E-state index contributed by atoms with van der Waals surface area (Å²) in [6.07, 6.45) is 1.25. The van der Waals surface area contributed by atoms with Crippen LogP contribution in [0.25, 0.3) is 0 Å². The average molecular weight is 198 g/mol. The van der Waals surface area contributed by atoms with Crippen molar-refractivity contribution in [3.05, 3.63) is 11.6 Å². The molecule has 5 heteroatoms. The van der Waals surface area contributed by atoms with Crippen molar-refractivity contribution in [1.82, 2.24) is 14.8 Å². The molecule has 0 spiro atoms. The lowest BCUT2D eigenvalue weighted by molar-refractivity contribution is 0.158. The SMILES string of the molecule is CCCc1nc(C(N)C(C)O)n(C)n1. The first-order chi connectivity index (χ1) is 6.56. The van der Waals surface area contributed by atoms with Gasteiger partial charge in [-0.3, -0.25) is 4.68 Å². The van der Waals surface area contributed by atoms with Gasteiger partial charge in [-0.15, -0.1) is 0 Å². The smallest absolute Gasteiger partial charge is 0.151 e. The van der Waals surface area contributed by atoms with Crippen LogP contribution < -0.4 is 5.73 Å². The van der Waals surface area contributed by atoms with Crippen LogP contribution in [-0.4, -0.2) is 26.0 Å². The average Bonchev–Trinajstić information content (AvgIpc) is 2.46. The van der Waals surface area contributed by atoms with Crippen molar-refractivity contribution >= 4 is 0 Å². The Morgan fingerprint density at radius 2 is 2.21 bits per heavy atom. The molecule has 0 bridgehead atoms. The van der Waals surface area contributed by atoms with E-state index in [1.165, 1.54) is 0 Å².